The number of nitrogens with zero attached hydrogens (tertiary/aromatic N) is 4. The third-order valence-electron chi connectivity index (χ3n) is 10.8. The number of aromatic nitrogens is 2. The van der Waals surface area contributed by atoms with Gasteiger partial charge in [0.2, 0.25) is 0 Å². The van der Waals surface area contributed by atoms with E-state index in [4.69, 9.17) is 4.98 Å². The summed E-state index contributed by atoms with van der Waals surface area (Å²) in [6.45, 7) is 0.968. The lowest BCUT2D eigenvalue weighted by Gasteiger charge is -2.55. The minimum atomic E-state index is -0.731. The second kappa shape index (κ2) is 10.00. The fraction of sp³-hybridized carbons (Fsp3) is 0.742. The van der Waals surface area contributed by atoms with Crippen LogP contribution in [-0.2, 0) is 4.79 Å². The lowest BCUT2D eigenvalue weighted by molar-refractivity contribution is -0.138. The van der Waals surface area contributed by atoms with E-state index in [9.17, 15) is 9.90 Å². The average molecular weight is 505 g/mol. The highest BCUT2D eigenvalue weighted by Gasteiger charge is 2.46. The predicted octanol–water partition coefficient (Wildman–Crippen LogP) is 6.17. The van der Waals surface area contributed by atoms with Gasteiger partial charge < -0.3 is 9.67 Å². The molecule has 2 aliphatic carbocycles. The number of para-hydroxylation sites is 2. The predicted molar refractivity (Wildman–Crippen MR) is 146 cm³/mol. The van der Waals surface area contributed by atoms with Crippen LogP contribution < -0.4 is 0 Å². The zero-order valence-electron chi connectivity index (χ0n) is 22.3. The summed E-state index contributed by atoms with van der Waals surface area (Å²) in [5.41, 5.74) is 2.32. The van der Waals surface area contributed by atoms with E-state index in [0.29, 0.717) is 18.1 Å². The first-order valence-corrected chi connectivity index (χ1v) is 15.3. The third kappa shape index (κ3) is 4.52. The number of rotatable bonds is 5. The molecule has 3 saturated heterocycles. The molecule has 1 aromatic carbocycles. The van der Waals surface area contributed by atoms with Crippen LogP contribution in [0.25, 0.3) is 11.0 Å². The lowest BCUT2D eigenvalue weighted by atomic mass is 9.73. The molecule has 2 saturated carbocycles. The smallest absolute Gasteiger partial charge is 0.317 e. The molecule has 4 bridgehead atoms. The van der Waals surface area contributed by atoms with Gasteiger partial charge in [0.05, 0.1) is 23.6 Å². The van der Waals surface area contributed by atoms with Gasteiger partial charge in [0, 0.05) is 24.2 Å². The lowest BCUT2D eigenvalue weighted by Crippen LogP contribution is -2.58. The van der Waals surface area contributed by atoms with E-state index in [0.717, 1.165) is 48.6 Å². The van der Waals surface area contributed by atoms with Crippen LogP contribution in [0.2, 0.25) is 0 Å². The summed E-state index contributed by atoms with van der Waals surface area (Å²) >= 11 is 0. The van der Waals surface area contributed by atoms with Gasteiger partial charge in [-0.15, -0.1) is 0 Å². The molecule has 2 aromatic rings. The Kier molecular flexibility index (Phi) is 6.52. The number of piperidine rings is 2. The normalized spacial score (nSPS) is 37.0. The van der Waals surface area contributed by atoms with Gasteiger partial charge in [-0.2, -0.15) is 0 Å². The van der Waals surface area contributed by atoms with Crippen LogP contribution in [0.4, 0.5) is 0 Å². The summed E-state index contributed by atoms with van der Waals surface area (Å²) in [7, 11) is 0. The topological polar surface area (TPSA) is 61.6 Å². The van der Waals surface area contributed by atoms with Gasteiger partial charge in [-0.1, -0.05) is 44.2 Å². The molecular formula is C31H44N4O2. The number of likely N-dealkylation sites (tertiary alicyclic amines) is 1. The molecule has 0 spiro atoms. The minimum absolute atomic E-state index is 0.113. The van der Waals surface area contributed by atoms with Crippen molar-refractivity contribution in [2.45, 2.75) is 120 Å². The Labute approximate surface area is 221 Å². The number of hydrogen-bond acceptors (Lipinski definition) is 4. The van der Waals surface area contributed by atoms with E-state index in [-0.39, 0.29) is 12.6 Å². The minimum Gasteiger partial charge on any atom is -0.480 e. The highest BCUT2D eigenvalue weighted by Crippen LogP contribution is 2.48. The Balaban J connectivity index is 1.20. The largest absolute Gasteiger partial charge is 0.480 e. The second-order valence-electron chi connectivity index (χ2n) is 13.0. The monoisotopic (exact) mass is 504 g/mol. The fourth-order valence-electron chi connectivity index (χ4n) is 9.47. The molecule has 0 amide bonds. The van der Waals surface area contributed by atoms with Crippen molar-refractivity contribution >= 4 is 17.0 Å². The Morgan fingerprint density at radius 1 is 0.811 bits per heavy atom. The van der Waals surface area contributed by atoms with Crippen LogP contribution in [0, 0.1) is 11.8 Å². The molecular weight excluding hydrogens is 460 g/mol. The van der Waals surface area contributed by atoms with Crippen molar-refractivity contribution in [3.05, 3.63) is 30.1 Å². The molecule has 0 radical (unpaired) electrons. The quantitative estimate of drug-likeness (QED) is 0.527. The molecule has 200 valence electrons. The zero-order valence-corrected chi connectivity index (χ0v) is 22.3. The van der Waals surface area contributed by atoms with Crippen molar-refractivity contribution in [3.63, 3.8) is 0 Å². The van der Waals surface area contributed by atoms with Gasteiger partial charge in [0.25, 0.3) is 0 Å². The van der Waals surface area contributed by atoms with Gasteiger partial charge in [0.1, 0.15) is 5.82 Å². The number of carboxylic acids is 1. The molecule has 37 heavy (non-hydrogen) atoms. The first-order valence-electron chi connectivity index (χ1n) is 15.3. The summed E-state index contributed by atoms with van der Waals surface area (Å²) in [6, 6.07) is 11.4. The third-order valence-corrected chi connectivity index (χ3v) is 10.8. The van der Waals surface area contributed by atoms with Crippen LogP contribution in [0.1, 0.15) is 108 Å². The molecule has 5 aliphatic rings. The molecule has 1 unspecified atom stereocenters. The van der Waals surface area contributed by atoms with Crippen molar-refractivity contribution in [1.82, 2.24) is 19.4 Å². The Hall–Kier alpha value is -1.92. The van der Waals surface area contributed by atoms with Crippen LogP contribution in [0.15, 0.2) is 24.3 Å². The van der Waals surface area contributed by atoms with Crippen LogP contribution >= 0.6 is 0 Å². The number of carbonyl (C=O) groups is 1. The van der Waals surface area contributed by atoms with E-state index in [1.54, 1.807) is 0 Å². The highest BCUT2D eigenvalue weighted by atomic mass is 16.4. The van der Waals surface area contributed by atoms with Crippen LogP contribution in [-0.4, -0.2) is 61.6 Å². The highest BCUT2D eigenvalue weighted by molar-refractivity contribution is 5.76. The van der Waals surface area contributed by atoms with Gasteiger partial charge in [-0.25, -0.2) is 4.98 Å². The van der Waals surface area contributed by atoms with Crippen molar-refractivity contribution in [2.75, 3.05) is 13.1 Å². The van der Waals surface area contributed by atoms with E-state index >= 15 is 0 Å². The zero-order chi connectivity index (χ0) is 24.9. The molecule has 5 fully saturated rings. The maximum Gasteiger partial charge on any atom is 0.317 e. The molecule has 6 nitrogen and oxygen atoms in total. The maximum atomic E-state index is 11.6. The number of carboxylic acid groups (broad SMARTS) is 1. The standard InChI is InChI=1S/C31H44N4O2/c36-30(37)20-33-14-6-13-29(33)31-32-27-11-3-4-12-28(27)35(31)26-18-23-9-5-10-24(19-26)34(23)25-16-21-7-1-2-8-22(15-21)17-25/h3-4,11-12,21-26,29H,1-2,5-10,13-20H2,(H,36,37)/t21-,22+,23-,24+,25-,26+,29?. The van der Waals surface area contributed by atoms with Crippen LogP contribution in [0.5, 0.6) is 0 Å². The molecule has 7 rings (SSSR count). The molecule has 6 heteroatoms. The molecule has 1 aromatic heterocycles. The van der Waals surface area contributed by atoms with Gasteiger partial charge in [-0.3, -0.25) is 14.6 Å². The molecule has 1 N–H and O–H groups in total. The fourth-order valence-corrected chi connectivity index (χ4v) is 9.47. The van der Waals surface area contributed by atoms with E-state index in [1.807, 2.05) is 0 Å². The second-order valence-corrected chi connectivity index (χ2v) is 13.0. The average Bonchev–Trinajstić information content (AvgIpc) is 3.45. The van der Waals surface area contributed by atoms with Crippen molar-refractivity contribution in [1.29, 1.82) is 0 Å². The molecule has 3 aliphatic heterocycles. The first-order chi connectivity index (χ1) is 18.1. The van der Waals surface area contributed by atoms with Gasteiger partial charge in [-0.05, 0) is 88.3 Å². The van der Waals surface area contributed by atoms with Gasteiger partial charge >= 0.3 is 5.97 Å². The van der Waals surface area contributed by atoms with E-state index in [2.05, 4.69) is 38.6 Å². The summed E-state index contributed by atoms with van der Waals surface area (Å²) in [6.07, 6.45) is 18.8. The van der Waals surface area contributed by atoms with E-state index < -0.39 is 5.97 Å². The number of imidazole rings is 1. The number of fused-ring (bicyclic) bond motifs is 5. The van der Waals surface area contributed by atoms with Crippen molar-refractivity contribution in [2.24, 2.45) is 11.8 Å². The summed E-state index contributed by atoms with van der Waals surface area (Å²) in [5.74, 6) is 2.33. The summed E-state index contributed by atoms with van der Waals surface area (Å²) in [4.78, 5) is 22.0. The van der Waals surface area contributed by atoms with Crippen molar-refractivity contribution in [3.8, 4) is 0 Å². The molecule has 7 atom stereocenters. The Morgan fingerprint density at radius 3 is 2.27 bits per heavy atom. The maximum absolute atomic E-state index is 11.6. The summed E-state index contributed by atoms with van der Waals surface area (Å²) in [5, 5.41) is 9.56. The van der Waals surface area contributed by atoms with Crippen LogP contribution in [0.3, 0.4) is 0 Å². The first kappa shape index (κ1) is 24.1. The van der Waals surface area contributed by atoms with E-state index in [1.165, 1.54) is 82.6 Å². The number of hydrogen-bond donors (Lipinski definition) is 1. The Bertz CT molecular complexity index is 1100. The Morgan fingerprint density at radius 2 is 1.54 bits per heavy atom. The molecule has 4 heterocycles. The number of aliphatic carboxylic acids is 1. The summed E-state index contributed by atoms with van der Waals surface area (Å²) < 4.78 is 2.59. The SMILES string of the molecule is O=C(O)CN1CCCC1c1nc2ccccc2n1[C@H]1C[C@H]2CCC[C@@H](C1)N2[C@@H]1C[C@@H]2CCCC[C@@H](C2)C1. The van der Waals surface area contributed by atoms with Crippen molar-refractivity contribution < 1.29 is 9.90 Å². The van der Waals surface area contributed by atoms with Gasteiger partial charge in [0.15, 0.2) is 0 Å². The number of benzene rings is 1.